The number of nitrogens with one attached hydrogen (secondary N) is 1. The van der Waals surface area contributed by atoms with Crippen LogP contribution < -0.4 is 0 Å². The molecule has 1 fully saturated rings. The number of imidazole rings is 1. The van der Waals surface area contributed by atoms with E-state index in [2.05, 4.69) is 21.8 Å². The van der Waals surface area contributed by atoms with Gasteiger partial charge in [-0.1, -0.05) is 6.92 Å². The van der Waals surface area contributed by atoms with Crippen molar-refractivity contribution in [3.63, 3.8) is 0 Å². The maximum absolute atomic E-state index is 12.6. The van der Waals surface area contributed by atoms with Gasteiger partial charge >= 0.3 is 0 Å². The van der Waals surface area contributed by atoms with E-state index in [0.717, 1.165) is 30.7 Å². The first kappa shape index (κ1) is 13.5. The van der Waals surface area contributed by atoms with Crippen molar-refractivity contribution >= 4 is 21.1 Å². The average Bonchev–Trinajstić information content (AvgIpc) is 2.94. The molecule has 0 amide bonds. The highest BCUT2D eigenvalue weighted by atomic mass is 32.2. The summed E-state index contributed by atoms with van der Waals surface area (Å²) in [5.41, 5.74) is 1.53. The molecular weight excluding hydrogens is 276 g/mol. The number of hydrogen-bond acceptors (Lipinski definition) is 4. The van der Waals surface area contributed by atoms with Gasteiger partial charge in [-0.15, -0.1) is 0 Å². The van der Waals surface area contributed by atoms with Crippen LogP contribution in [-0.4, -0.2) is 60.3 Å². The number of sulfonamides is 1. The Morgan fingerprint density at radius 2 is 2.00 bits per heavy atom. The lowest BCUT2D eigenvalue weighted by Gasteiger charge is -2.33. The Morgan fingerprint density at radius 3 is 2.70 bits per heavy atom. The predicted molar refractivity (Wildman–Crippen MR) is 77.0 cm³/mol. The van der Waals surface area contributed by atoms with Crippen molar-refractivity contribution in [1.82, 2.24) is 19.2 Å². The normalized spacial score (nSPS) is 18.6. The van der Waals surface area contributed by atoms with Crippen molar-refractivity contribution in [1.29, 1.82) is 0 Å². The van der Waals surface area contributed by atoms with Crippen LogP contribution in [0.15, 0.2) is 29.4 Å². The molecule has 0 atom stereocenters. The van der Waals surface area contributed by atoms with Crippen LogP contribution in [0.1, 0.15) is 6.92 Å². The number of nitrogens with zero attached hydrogens (tertiary/aromatic N) is 3. The maximum atomic E-state index is 12.6. The monoisotopic (exact) mass is 294 g/mol. The van der Waals surface area contributed by atoms with Crippen LogP contribution in [0.5, 0.6) is 0 Å². The maximum Gasteiger partial charge on any atom is 0.243 e. The smallest absolute Gasteiger partial charge is 0.243 e. The van der Waals surface area contributed by atoms with Gasteiger partial charge in [0.2, 0.25) is 10.0 Å². The van der Waals surface area contributed by atoms with Gasteiger partial charge in [-0.3, -0.25) is 0 Å². The SMILES string of the molecule is CCN1CCN(S(=O)(=O)c2ccc3nc[nH]c3c2)CC1. The molecule has 0 aliphatic carbocycles. The van der Waals surface area contributed by atoms with Crippen molar-refractivity contribution in [3.05, 3.63) is 24.5 Å². The number of aromatic nitrogens is 2. The molecule has 0 spiro atoms. The Bertz CT molecular complexity index is 702. The van der Waals surface area contributed by atoms with Crippen LogP contribution >= 0.6 is 0 Å². The minimum absolute atomic E-state index is 0.333. The van der Waals surface area contributed by atoms with Crippen molar-refractivity contribution in [2.45, 2.75) is 11.8 Å². The van der Waals surface area contributed by atoms with Gasteiger partial charge in [0, 0.05) is 26.2 Å². The summed E-state index contributed by atoms with van der Waals surface area (Å²) < 4.78 is 26.8. The van der Waals surface area contributed by atoms with Gasteiger partial charge in [0.25, 0.3) is 0 Å². The third-order valence-electron chi connectivity index (χ3n) is 3.81. The number of aromatic amines is 1. The lowest BCUT2D eigenvalue weighted by atomic mass is 10.3. The molecule has 1 aliphatic rings. The van der Waals surface area contributed by atoms with Crippen LogP contribution in [0.25, 0.3) is 11.0 Å². The molecule has 6 nitrogen and oxygen atoms in total. The summed E-state index contributed by atoms with van der Waals surface area (Å²) in [6.07, 6.45) is 1.57. The number of piperazine rings is 1. The highest BCUT2D eigenvalue weighted by Crippen LogP contribution is 2.21. The van der Waals surface area contributed by atoms with Crippen LogP contribution in [0, 0.1) is 0 Å². The number of benzene rings is 1. The minimum atomic E-state index is -3.40. The Kier molecular flexibility index (Phi) is 3.49. The van der Waals surface area contributed by atoms with Gasteiger partial charge < -0.3 is 9.88 Å². The Morgan fingerprint density at radius 1 is 1.25 bits per heavy atom. The van der Waals surface area contributed by atoms with Crippen molar-refractivity contribution in [3.8, 4) is 0 Å². The molecule has 0 bridgehead atoms. The standard InChI is InChI=1S/C13H18N4O2S/c1-2-16-5-7-17(8-6-16)20(18,19)11-3-4-12-13(9-11)15-10-14-12/h3-4,9-10H,2,5-8H2,1H3,(H,14,15). The fourth-order valence-corrected chi connectivity index (χ4v) is 3.96. The van der Waals surface area contributed by atoms with Crippen LogP contribution in [-0.2, 0) is 10.0 Å². The van der Waals surface area contributed by atoms with Crippen LogP contribution in [0.2, 0.25) is 0 Å². The molecule has 20 heavy (non-hydrogen) atoms. The number of fused-ring (bicyclic) bond motifs is 1. The number of hydrogen-bond donors (Lipinski definition) is 1. The van der Waals surface area contributed by atoms with Gasteiger partial charge in [0.1, 0.15) is 0 Å². The lowest BCUT2D eigenvalue weighted by molar-refractivity contribution is 0.196. The second-order valence-corrected chi connectivity index (χ2v) is 6.86. The highest BCUT2D eigenvalue weighted by Gasteiger charge is 2.28. The highest BCUT2D eigenvalue weighted by molar-refractivity contribution is 7.89. The molecule has 2 heterocycles. The number of likely N-dealkylation sites (N-methyl/N-ethyl adjacent to an activating group) is 1. The Balaban J connectivity index is 1.87. The second kappa shape index (κ2) is 5.16. The molecule has 0 saturated carbocycles. The molecule has 1 saturated heterocycles. The third-order valence-corrected chi connectivity index (χ3v) is 5.70. The molecule has 7 heteroatoms. The first-order valence-electron chi connectivity index (χ1n) is 6.77. The van der Waals surface area contributed by atoms with E-state index in [1.54, 1.807) is 28.8 Å². The van der Waals surface area contributed by atoms with E-state index in [1.165, 1.54) is 0 Å². The van der Waals surface area contributed by atoms with Crippen LogP contribution in [0.3, 0.4) is 0 Å². The molecule has 1 aromatic carbocycles. The van der Waals surface area contributed by atoms with E-state index in [1.807, 2.05) is 0 Å². The largest absolute Gasteiger partial charge is 0.345 e. The third kappa shape index (κ3) is 2.32. The van der Waals surface area contributed by atoms with Crippen molar-refractivity contribution in [2.24, 2.45) is 0 Å². The first-order chi connectivity index (χ1) is 9.61. The molecule has 0 unspecified atom stereocenters. The zero-order chi connectivity index (χ0) is 14.2. The average molecular weight is 294 g/mol. The molecule has 1 aliphatic heterocycles. The summed E-state index contributed by atoms with van der Waals surface area (Å²) in [4.78, 5) is 9.64. The van der Waals surface area contributed by atoms with E-state index >= 15 is 0 Å². The lowest BCUT2D eigenvalue weighted by Crippen LogP contribution is -2.48. The molecular formula is C13H18N4O2S. The van der Waals surface area contributed by atoms with E-state index < -0.39 is 10.0 Å². The fraction of sp³-hybridized carbons (Fsp3) is 0.462. The number of rotatable bonds is 3. The van der Waals surface area contributed by atoms with Crippen molar-refractivity contribution < 1.29 is 8.42 Å². The summed E-state index contributed by atoms with van der Waals surface area (Å²) in [7, 11) is -3.40. The summed E-state index contributed by atoms with van der Waals surface area (Å²) >= 11 is 0. The molecule has 0 radical (unpaired) electrons. The Hall–Kier alpha value is -1.44. The molecule has 1 aromatic heterocycles. The van der Waals surface area contributed by atoms with Gasteiger partial charge in [0.05, 0.1) is 22.3 Å². The summed E-state index contributed by atoms with van der Waals surface area (Å²) in [6, 6.07) is 5.02. The van der Waals surface area contributed by atoms with Gasteiger partial charge in [-0.05, 0) is 24.7 Å². The van der Waals surface area contributed by atoms with E-state index in [4.69, 9.17) is 0 Å². The second-order valence-electron chi connectivity index (χ2n) is 4.92. The van der Waals surface area contributed by atoms with Gasteiger partial charge in [-0.25, -0.2) is 13.4 Å². The van der Waals surface area contributed by atoms with E-state index in [0.29, 0.717) is 18.0 Å². The number of H-pyrrole nitrogens is 1. The zero-order valence-corrected chi connectivity index (χ0v) is 12.2. The zero-order valence-electron chi connectivity index (χ0n) is 11.4. The fourth-order valence-electron chi connectivity index (χ4n) is 2.51. The summed E-state index contributed by atoms with van der Waals surface area (Å²) in [6.45, 7) is 5.75. The quantitative estimate of drug-likeness (QED) is 0.913. The summed E-state index contributed by atoms with van der Waals surface area (Å²) in [5, 5.41) is 0. The van der Waals surface area contributed by atoms with Gasteiger partial charge in [-0.2, -0.15) is 4.31 Å². The molecule has 1 N–H and O–H groups in total. The van der Waals surface area contributed by atoms with E-state index in [9.17, 15) is 8.42 Å². The van der Waals surface area contributed by atoms with Gasteiger partial charge in [0.15, 0.2) is 0 Å². The first-order valence-corrected chi connectivity index (χ1v) is 8.21. The topological polar surface area (TPSA) is 69.3 Å². The van der Waals surface area contributed by atoms with Crippen molar-refractivity contribution in [2.75, 3.05) is 32.7 Å². The molecule has 3 rings (SSSR count). The van der Waals surface area contributed by atoms with E-state index in [-0.39, 0.29) is 0 Å². The minimum Gasteiger partial charge on any atom is -0.345 e. The summed E-state index contributed by atoms with van der Waals surface area (Å²) in [5.74, 6) is 0. The molecule has 108 valence electrons. The van der Waals surface area contributed by atoms with Crippen LogP contribution in [0.4, 0.5) is 0 Å². The molecule has 2 aromatic rings. The predicted octanol–water partition coefficient (Wildman–Crippen LogP) is 0.889. The Labute approximate surface area is 118 Å².